The Kier molecular flexibility index (Phi) is 18.4. The average Bonchev–Trinajstić information content (AvgIpc) is 3.66. The Hall–Kier alpha value is -2.28. The zero-order valence-corrected chi connectivity index (χ0v) is 29.5. The van der Waals surface area contributed by atoms with E-state index in [0.29, 0.717) is 24.5 Å². The van der Waals surface area contributed by atoms with Crippen molar-refractivity contribution in [1.82, 2.24) is 10.6 Å². The number of amides is 2. The first-order valence-corrected chi connectivity index (χ1v) is 18.0. The third-order valence-electron chi connectivity index (χ3n) is 8.16. The average molecular weight is 725 g/mol. The fourth-order valence-corrected chi connectivity index (χ4v) is 7.41. The summed E-state index contributed by atoms with van der Waals surface area (Å²) in [6.45, 7) is 2.38. The van der Waals surface area contributed by atoms with E-state index in [-0.39, 0.29) is 94.5 Å². The quantitative estimate of drug-likeness (QED) is 0.0873. The number of carbonyl (C=O) groups excluding carboxylic acids is 4. The Balaban J connectivity index is 0.000000317. The number of hydrogen-bond donors (Lipinski definition) is 7. The first-order chi connectivity index (χ1) is 22.9. The third-order valence-corrected chi connectivity index (χ3v) is 10.8. The summed E-state index contributed by atoms with van der Waals surface area (Å²) in [7, 11) is 1.00. The van der Waals surface area contributed by atoms with Crippen LogP contribution in [-0.4, -0.2) is 137 Å². The third kappa shape index (κ3) is 13.9. The first kappa shape index (κ1) is 41.9. The number of thioether (sulfide) groups is 2. The van der Waals surface area contributed by atoms with E-state index in [0.717, 1.165) is 42.8 Å². The molecule has 0 saturated carbocycles. The lowest BCUT2D eigenvalue weighted by molar-refractivity contribution is -0.150. The van der Waals surface area contributed by atoms with Gasteiger partial charge in [0.1, 0.15) is 25.4 Å². The van der Waals surface area contributed by atoms with Crippen molar-refractivity contribution >= 4 is 47.6 Å². The Morgan fingerprint density at radius 1 is 0.854 bits per heavy atom. The number of ether oxygens (including phenoxy) is 4. The Bertz CT molecular complexity index is 1070. The molecule has 17 heteroatoms. The van der Waals surface area contributed by atoms with Gasteiger partial charge in [0.15, 0.2) is 0 Å². The summed E-state index contributed by atoms with van der Waals surface area (Å²) >= 11 is 3.47. The summed E-state index contributed by atoms with van der Waals surface area (Å²) < 4.78 is 20.6. The fourth-order valence-electron chi connectivity index (χ4n) is 4.79. The van der Waals surface area contributed by atoms with Crippen molar-refractivity contribution in [3.05, 3.63) is 11.0 Å². The number of hydrogen-bond acceptors (Lipinski definition) is 15. The highest BCUT2D eigenvalue weighted by Crippen LogP contribution is 2.34. The van der Waals surface area contributed by atoms with Crippen LogP contribution in [0.15, 0.2) is 11.0 Å². The second kappa shape index (κ2) is 21.1. The van der Waals surface area contributed by atoms with Gasteiger partial charge in [-0.1, -0.05) is 13.8 Å². The molecule has 0 aliphatic carbocycles. The number of carbonyl (C=O) groups is 4. The summed E-state index contributed by atoms with van der Waals surface area (Å²) in [4.78, 5) is 46.9. The van der Waals surface area contributed by atoms with Crippen LogP contribution in [0.4, 0.5) is 9.59 Å². The smallest absolute Gasteiger partial charge is 0.408 e. The van der Waals surface area contributed by atoms with Gasteiger partial charge in [0.05, 0.1) is 38.5 Å². The maximum atomic E-state index is 11.7. The minimum absolute atomic E-state index is 0.00164. The number of esters is 2. The lowest BCUT2D eigenvalue weighted by Crippen LogP contribution is -2.39. The van der Waals surface area contributed by atoms with E-state index < -0.39 is 10.8 Å². The SMILES string of the molecule is CC(CO)(CO)COC(=O)CCCC1=C[C@H]2OC(=O)NC2CS1.CC(CO)(CO)COC(=O)CCC[C@H]1C[C@H]2OC(=O)NC2CS1.CO. The van der Waals surface area contributed by atoms with Gasteiger partial charge in [-0.05, 0) is 43.1 Å². The molecule has 5 atom stereocenters. The predicted molar refractivity (Wildman–Crippen MR) is 178 cm³/mol. The van der Waals surface area contributed by atoms with Crippen LogP contribution in [-0.2, 0) is 28.5 Å². The van der Waals surface area contributed by atoms with Crippen LogP contribution in [0.25, 0.3) is 0 Å². The highest BCUT2D eigenvalue weighted by Gasteiger charge is 2.39. The molecule has 0 aromatic carbocycles. The van der Waals surface area contributed by atoms with Crippen LogP contribution in [0.3, 0.4) is 0 Å². The van der Waals surface area contributed by atoms with Crippen LogP contribution < -0.4 is 10.6 Å². The molecule has 3 saturated heterocycles. The second-order valence-corrected chi connectivity index (χ2v) is 15.3. The molecule has 0 aromatic rings. The van der Waals surface area contributed by atoms with Gasteiger partial charge in [0, 0.05) is 47.5 Å². The Labute approximate surface area is 289 Å². The van der Waals surface area contributed by atoms with Gasteiger partial charge in [-0.3, -0.25) is 9.59 Å². The van der Waals surface area contributed by atoms with Gasteiger partial charge >= 0.3 is 24.1 Å². The number of fused-ring (bicyclic) bond motifs is 2. The largest absolute Gasteiger partial charge is 0.465 e. The van der Waals surface area contributed by atoms with Crippen LogP contribution in [0.2, 0.25) is 0 Å². The van der Waals surface area contributed by atoms with Crippen LogP contribution in [0.5, 0.6) is 0 Å². The molecule has 0 spiro atoms. The first-order valence-electron chi connectivity index (χ1n) is 16.0. The van der Waals surface area contributed by atoms with Crippen LogP contribution in [0, 0.1) is 10.8 Å². The van der Waals surface area contributed by atoms with E-state index >= 15 is 0 Å². The number of nitrogens with one attached hydrogen (secondary N) is 2. The van der Waals surface area contributed by atoms with E-state index in [4.69, 9.17) is 44.5 Å². The van der Waals surface area contributed by atoms with Gasteiger partial charge in [-0.15, -0.1) is 11.8 Å². The van der Waals surface area contributed by atoms with Gasteiger partial charge in [-0.2, -0.15) is 11.8 Å². The van der Waals surface area contributed by atoms with Gasteiger partial charge in [0.25, 0.3) is 0 Å². The molecular weight excluding hydrogens is 672 g/mol. The highest BCUT2D eigenvalue weighted by atomic mass is 32.2. The van der Waals surface area contributed by atoms with Gasteiger partial charge < -0.3 is 55.1 Å². The van der Waals surface area contributed by atoms with Crippen molar-refractivity contribution in [2.75, 3.05) is 58.3 Å². The summed E-state index contributed by atoms with van der Waals surface area (Å²) in [5.41, 5.74) is -1.59. The van der Waals surface area contributed by atoms with E-state index in [1.165, 1.54) is 0 Å². The molecule has 276 valence electrons. The monoisotopic (exact) mass is 724 g/mol. The number of aliphatic hydroxyl groups is 5. The number of rotatable bonds is 16. The van der Waals surface area contributed by atoms with E-state index in [2.05, 4.69) is 10.6 Å². The number of aliphatic hydroxyl groups excluding tert-OH is 5. The van der Waals surface area contributed by atoms with Crippen molar-refractivity contribution < 1.29 is 63.7 Å². The minimum Gasteiger partial charge on any atom is -0.465 e. The van der Waals surface area contributed by atoms with Crippen LogP contribution in [0.1, 0.15) is 58.8 Å². The summed E-state index contributed by atoms with van der Waals surface area (Å²) in [5.74, 6) is 0.965. The Morgan fingerprint density at radius 2 is 1.40 bits per heavy atom. The molecule has 7 N–H and O–H groups in total. The molecule has 48 heavy (non-hydrogen) atoms. The maximum Gasteiger partial charge on any atom is 0.408 e. The molecule has 15 nitrogen and oxygen atoms in total. The molecule has 3 fully saturated rings. The molecular formula is C31H52N2O13S2. The maximum absolute atomic E-state index is 11.7. The van der Waals surface area contributed by atoms with Crippen molar-refractivity contribution in [3.63, 3.8) is 0 Å². The van der Waals surface area contributed by atoms with E-state index in [1.54, 1.807) is 37.4 Å². The van der Waals surface area contributed by atoms with Crippen molar-refractivity contribution in [1.29, 1.82) is 0 Å². The zero-order chi connectivity index (χ0) is 35.7. The summed E-state index contributed by atoms with van der Waals surface area (Å²) in [5, 5.41) is 49.5. The zero-order valence-electron chi connectivity index (χ0n) is 27.9. The molecule has 4 heterocycles. The fraction of sp³-hybridized carbons (Fsp3) is 0.806. The minimum atomic E-state index is -0.800. The molecule has 4 aliphatic heterocycles. The van der Waals surface area contributed by atoms with Gasteiger partial charge in [-0.25, -0.2) is 9.59 Å². The normalized spacial score (nSPS) is 24.4. The van der Waals surface area contributed by atoms with Crippen molar-refractivity contribution in [2.24, 2.45) is 10.8 Å². The van der Waals surface area contributed by atoms with E-state index in [1.807, 2.05) is 6.08 Å². The lowest BCUT2D eigenvalue weighted by atomic mass is 9.94. The molecule has 2 unspecified atom stereocenters. The number of allylic oxidation sites excluding steroid dienone is 1. The van der Waals surface area contributed by atoms with E-state index in [9.17, 15) is 19.2 Å². The summed E-state index contributed by atoms with van der Waals surface area (Å²) in [6.07, 6.45) is 5.35. The standard InChI is InChI=1S/C15H25NO6S.C15H23NO6S.CH4O/c2*1-15(7-17,8-18)9-21-13(19)4-2-3-10-5-12-11(6-23-10)16-14(20)22-12;1-2/h10-12,17-18H,2-9H2,1H3,(H,16,20);5,11-12,17-18H,2-4,6-9H2,1H3,(H,16,20);2H,1H3/t10-,11?,12+;11?,12-;/m01./s1. The van der Waals surface area contributed by atoms with Gasteiger partial charge in [0.2, 0.25) is 0 Å². The predicted octanol–water partition coefficient (Wildman–Crippen LogP) is 1.08. The van der Waals surface area contributed by atoms with Crippen molar-refractivity contribution in [2.45, 2.75) is 88.3 Å². The molecule has 0 aromatic heterocycles. The lowest BCUT2D eigenvalue weighted by Gasteiger charge is -2.29. The molecule has 4 aliphatic rings. The second-order valence-electron chi connectivity index (χ2n) is 12.8. The molecule has 0 bridgehead atoms. The Morgan fingerprint density at radius 3 is 1.98 bits per heavy atom. The topological polar surface area (TPSA) is 230 Å². The summed E-state index contributed by atoms with van der Waals surface area (Å²) in [6, 6.07) is 0.152. The molecule has 4 rings (SSSR count). The number of alkyl carbamates (subject to hydrolysis) is 2. The van der Waals surface area contributed by atoms with Crippen LogP contribution >= 0.6 is 23.5 Å². The van der Waals surface area contributed by atoms with Crippen molar-refractivity contribution in [3.8, 4) is 0 Å². The highest BCUT2D eigenvalue weighted by molar-refractivity contribution is 8.03. The molecule has 2 amide bonds. The molecule has 0 radical (unpaired) electrons.